The molecule has 1 heterocycles. The zero-order chi connectivity index (χ0) is 11.5. The number of aromatic nitrogens is 2. The third-order valence-electron chi connectivity index (χ3n) is 3.50. The minimum absolute atomic E-state index is 0.503. The molecule has 1 aromatic rings. The van der Waals surface area contributed by atoms with Crippen LogP contribution in [-0.4, -0.2) is 15.6 Å². The van der Waals surface area contributed by atoms with E-state index in [0.717, 1.165) is 18.4 Å². The summed E-state index contributed by atoms with van der Waals surface area (Å²) in [6.45, 7) is 7.48. The number of imidazole rings is 1. The summed E-state index contributed by atoms with van der Waals surface area (Å²) >= 11 is 0. The molecule has 3 nitrogen and oxygen atoms in total. The van der Waals surface area contributed by atoms with Gasteiger partial charge >= 0.3 is 0 Å². The van der Waals surface area contributed by atoms with Gasteiger partial charge in [0.05, 0.1) is 5.69 Å². The van der Waals surface area contributed by atoms with Gasteiger partial charge < -0.3 is 9.88 Å². The van der Waals surface area contributed by atoms with Crippen LogP contribution in [0.15, 0.2) is 6.20 Å². The van der Waals surface area contributed by atoms with Crippen LogP contribution < -0.4 is 5.32 Å². The van der Waals surface area contributed by atoms with Gasteiger partial charge in [-0.2, -0.15) is 0 Å². The highest BCUT2D eigenvalue weighted by Gasteiger charge is 2.15. The summed E-state index contributed by atoms with van der Waals surface area (Å²) in [7, 11) is 0. The van der Waals surface area contributed by atoms with Crippen molar-refractivity contribution >= 4 is 0 Å². The Morgan fingerprint density at radius 3 is 2.75 bits per heavy atom. The molecule has 1 fully saturated rings. The molecule has 0 amide bonds. The lowest BCUT2D eigenvalue weighted by Crippen LogP contribution is -2.26. The summed E-state index contributed by atoms with van der Waals surface area (Å²) in [6.07, 6.45) is 7.47. The predicted molar refractivity (Wildman–Crippen MR) is 66.4 cm³/mol. The van der Waals surface area contributed by atoms with Crippen LogP contribution in [0.2, 0.25) is 0 Å². The zero-order valence-electron chi connectivity index (χ0n) is 10.7. The van der Waals surface area contributed by atoms with Crippen LogP contribution in [0.4, 0.5) is 0 Å². The lowest BCUT2D eigenvalue weighted by molar-refractivity contribution is 0.488. The van der Waals surface area contributed by atoms with E-state index in [1.807, 2.05) is 6.20 Å². The van der Waals surface area contributed by atoms with Crippen molar-refractivity contribution in [3.05, 3.63) is 17.7 Å². The zero-order valence-corrected chi connectivity index (χ0v) is 10.7. The van der Waals surface area contributed by atoms with Crippen molar-refractivity contribution in [2.75, 3.05) is 0 Å². The Balaban J connectivity index is 1.97. The van der Waals surface area contributed by atoms with Crippen LogP contribution in [-0.2, 0) is 6.54 Å². The first-order valence-electron chi connectivity index (χ1n) is 6.44. The molecule has 2 rings (SSSR count). The van der Waals surface area contributed by atoms with E-state index in [-0.39, 0.29) is 0 Å². The van der Waals surface area contributed by atoms with E-state index in [4.69, 9.17) is 0 Å². The van der Waals surface area contributed by atoms with Crippen molar-refractivity contribution in [3.63, 3.8) is 0 Å². The van der Waals surface area contributed by atoms with Gasteiger partial charge in [0, 0.05) is 24.8 Å². The first-order valence-corrected chi connectivity index (χ1v) is 6.44. The minimum Gasteiger partial charge on any atom is -0.329 e. The Hall–Kier alpha value is -0.830. The molecule has 0 spiro atoms. The Kier molecular flexibility index (Phi) is 3.64. The molecule has 1 aromatic heterocycles. The number of rotatable bonds is 4. The van der Waals surface area contributed by atoms with E-state index < -0.39 is 0 Å². The molecule has 1 aliphatic rings. The van der Waals surface area contributed by atoms with Crippen molar-refractivity contribution in [3.8, 4) is 0 Å². The van der Waals surface area contributed by atoms with Gasteiger partial charge in [-0.15, -0.1) is 0 Å². The van der Waals surface area contributed by atoms with E-state index >= 15 is 0 Å². The summed E-state index contributed by atoms with van der Waals surface area (Å²) in [4.78, 5) is 4.41. The van der Waals surface area contributed by atoms with Crippen molar-refractivity contribution in [1.29, 1.82) is 0 Å². The van der Waals surface area contributed by atoms with Gasteiger partial charge in [0.1, 0.15) is 5.82 Å². The Labute approximate surface area is 98.3 Å². The van der Waals surface area contributed by atoms with Gasteiger partial charge in [-0.05, 0) is 33.6 Å². The van der Waals surface area contributed by atoms with Crippen LogP contribution >= 0.6 is 0 Å². The van der Waals surface area contributed by atoms with Crippen molar-refractivity contribution in [2.24, 2.45) is 0 Å². The summed E-state index contributed by atoms with van der Waals surface area (Å²) in [5.41, 5.74) is 1.32. The molecule has 16 heavy (non-hydrogen) atoms. The second-order valence-corrected chi connectivity index (χ2v) is 5.12. The van der Waals surface area contributed by atoms with E-state index in [1.165, 1.54) is 31.4 Å². The summed E-state index contributed by atoms with van der Waals surface area (Å²) in [5.74, 6) is 1.12. The molecule has 0 radical (unpaired) electrons. The van der Waals surface area contributed by atoms with E-state index in [2.05, 4.69) is 35.6 Å². The monoisotopic (exact) mass is 221 g/mol. The molecule has 0 bridgehead atoms. The Morgan fingerprint density at radius 1 is 1.44 bits per heavy atom. The van der Waals surface area contributed by atoms with Crippen LogP contribution in [0, 0.1) is 6.92 Å². The average Bonchev–Trinajstić information content (AvgIpc) is 2.83. The average molecular weight is 221 g/mol. The normalized spacial score (nSPS) is 17.5. The van der Waals surface area contributed by atoms with Crippen LogP contribution in [0.25, 0.3) is 0 Å². The molecule has 90 valence electrons. The number of nitrogens with zero attached hydrogens (tertiary/aromatic N) is 2. The summed E-state index contributed by atoms with van der Waals surface area (Å²) < 4.78 is 2.32. The van der Waals surface area contributed by atoms with Gasteiger partial charge in [0.25, 0.3) is 0 Å². The molecule has 0 unspecified atom stereocenters. The molecule has 0 saturated heterocycles. The fourth-order valence-corrected chi connectivity index (χ4v) is 2.72. The lowest BCUT2D eigenvalue weighted by atomic mass is 10.2. The minimum atomic E-state index is 0.503. The van der Waals surface area contributed by atoms with Gasteiger partial charge in [0.2, 0.25) is 0 Å². The highest BCUT2D eigenvalue weighted by atomic mass is 15.1. The third kappa shape index (κ3) is 2.46. The molecule has 1 N–H and O–H groups in total. The fourth-order valence-electron chi connectivity index (χ4n) is 2.72. The van der Waals surface area contributed by atoms with Crippen LogP contribution in [0.1, 0.15) is 57.1 Å². The molecular weight excluding hydrogens is 198 g/mol. The van der Waals surface area contributed by atoms with Crippen LogP contribution in [0.3, 0.4) is 0 Å². The maximum absolute atomic E-state index is 4.41. The molecule has 0 aliphatic heterocycles. The molecule has 1 saturated carbocycles. The van der Waals surface area contributed by atoms with Crippen molar-refractivity contribution in [2.45, 2.75) is 65.1 Å². The Bertz CT molecular complexity index is 335. The highest BCUT2D eigenvalue weighted by molar-refractivity contribution is 5.06. The number of hydrogen-bond donors (Lipinski definition) is 1. The third-order valence-corrected chi connectivity index (χ3v) is 3.50. The van der Waals surface area contributed by atoms with E-state index in [9.17, 15) is 0 Å². The topological polar surface area (TPSA) is 29.9 Å². The van der Waals surface area contributed by atoms with Gasteiger partial charge in [-0.25, -0.2) is 4.98 Å². The largest absolute Gasteiger partial charge is 0.329 e. The molecule has 0 aromatic carbocycles. The van der Waals surface area contributed by atoms with Crippen molar-refractivity contribution in [1.82, 2.24) is 14.9 Å². The summed E-state index contributed by atoms with van der Waals surface area (Å²) in [5, 5.41) is 3.65. The SMILES string of the molecule is Cc1ncc(CNC2CCCC2)n1C(C)C. The van der Waals surface area contributed by atoms with Gasteiger partial charge in [-0.1, -0.05) is 12.8 Å². The first-order chi connectivity index (χ1) is 7.68. The van der Waals surface area contributed by atoms with E-state index in [0.29, 0.717) is 6.04 Å². The second-order valence-electron chi connectivity index (χ2n) is 5.12. The van der Waals surface area contributed by atoms with Gasteiger partial charge in [0.15, 0.2) is 0 Å². The lowest BCUT2D eigenvalue weighted by Gasteiger charge is -2.16. The van der Waals surface area contributed by atoms with Crippen molar-refractivity contribution < 1.29 is 0 Å². The van der Waals surface area contributed by atoms with Crippen LogP contribution in [0.5, 0.6) is 0 Å². The number of hydrogen-bond acceptors (Lipinski definition) is 2. The van der Waals surface area contributed by atoms with E-state index in [1.54, 1.807) is 0 Å². The highest BCUT2D eigenvalue weighted by Crippen LogP contribution is 2.19. The number of aryl methyl sites for hydroxylation is 1. The molecule has 1 aliphatic carbocycles. The summed E-state index contributed by atoms with van der Waals surface area (Å²) in [6, 6.07) is 1.23. The first kappa shape index (κ1) is 11.6. The van der Waals surface area contributed by atoms with Gasteiger partial charge in [-0.3, -0.25) is 0 Å². The maximum atomic E-state index is 4.41. The maximum Gasteiger partial charge on any atom is 0.105 e. The smallest absolute Gasteiger partial charge is 0.105 e. The standard InChI is InChI=1S/C13H23N3/c1-10(2)16-11(3)14-8-13(16)9-15-12-6-4-5-7-12/h8,10,12,15H,4-7,9H2,1-3H3. The molecule has 3 heteroatoms. The second kappa shape index (κ2) is 5.00. The molecule has 0 atom stereocenters. The Morgan fingerprint density at radius 2 is 2.12 bits per heavy atom. The predicted octanol–water partition coefficient (Wildman–Crippen LogP) is 2.80. The molecular formula is C13H23N3. The number of nitrogens with one attached hydrogen (secondary N) is 1. The fraction of sp³-hybridized carbons (Fsp3) is 0.769. The quantitative estimate of drug-likeness (QED) is 0.847.